The Morgan fingerprint density at radius 3 is 2.48 bits per heavy atom. The van der Waals surface area contributed by atoms with E-state index in [1.807, 2.05) is 49.1 Å². The Morgan fingerprint density at radius 2 is 1.93 bits per heavy atom. The highest BCUT2D eigenvalue weighted by atomic mass is 16.2. The maximum absolute atomic E-state index is 12.6. The van der Waals surface area contributed by atoms with Gasteiger partial charge >= 0.3 is 0 Å². The molecule has 1 fully saturated rings. The standard InChI is InChI=1S/C24H32N2O/c1-7-9-23(25(5)6)20-14-21-16-26(17-22(21)15-20)24(27)13-12-19(8-2)11-10-18(3)4/h7-14,21-22H,1,3,15-17H2,2,4-6H3/b11-10-,13-12+,19-8+,23-9-. The molecular formula is C24H32N2O. The summed E-state index contributed by atoms with van der Waals surface area (Å²) in [5.74, 6) is 1.07. The molecule has 1 heterocycles. The number of hydrogen-bond donors (Lipinski definition) is 0. The maximum Gasteiger partial charge on any atom is 0.246 e. The predicted molar refractivity (Wildman–Crippen MR) is 115 cm³/mol. The van der Waals surface area contributed by atoms with Crippen LogP contribution in [-0.4, -0.2) is 42.9 Å². The second kappa shape index (κ2) is 9.40. The van der Waals surface area contributed by atoms with E-state index in [-0.39, 0.29) is 5.91 Å². The minimum atomic E-state index is 0.0943. The molecule has 3 heteroatoms. The summed E-state index contributed by atoms with van der Waals surface area (Å²) in [6.07, 6.45) is 16.8. The Bertz CT molecular complexity index is 746. The zero-order valence-corrected chi connectivity index (χ0v) is 17.1. The Balaban J connectivity index is 2.00. The van der Waals surface area contributed by atoms with Crippen LogP contribution in [0.2, 0.25) is 0 Å². The molecule has 0 spiro atoms. The van der Waals surface area contributed by atoms with Crippen molar-refractivity contribution in [2.24, 2.45) is 11.8 Å². The van der Waals surface area contributed by atoms with Crippen LogP contribution < -0.4 is 0 Å². The van der Waals surface area contributed by atoms with Crippen LogP contribution in [0.1, 0.15) is 20.3 Å². The van der Waals surface area contributed by atoms with Crippen molar-refractivity contribution in [3.8, 4) is 0 Å². The maximum atomic E-state index is 12.6. The fraction of sp³-hybridized carbons (Fsp3) is 0.375. The molecule has 27 heavy (non-hydrogen) atoms. The zero-order valence-electron chi connectivity index (χ0n) is 17.1. The van der Waals surface area contributed by atoms with Crippen LogP contribution in [0.4, 0.5) is 0 Å². The van der Waals surface area contributed by atoms with Gasteiger partial charge in [-0.05, 0) is 55.4 Å². The van der Waals surface area contributed by atoms with Crippen molar-refractivity contribution < 1.29 is 4.79 Å². The highest BCUT2D eigenvalue weighted by Crippen LogP contribution is 2.39. The summed E-state index contributed by atoms with van der Waals surface area (Å²) in [7, 11) is 4.12. The Kier molecular flexibility index (Phi) is 7.23. The van der Waals surface area contributed by atoms with Gasteiger partial charge in [-0.15, -0.1) is 0 Å². The van der Waals surface area contributed by atoms with Gasteiger partial charge in [-0.2, -0.15) is 0 Å². The van der Waals surface area contributed by atoms with Crippen molar-refractivity contribution in [2.75, 3.05) is 27.2 Å². The first-order valence-corrected chi connectivity index (χ1v) is 9.53. The molecule has 1 amide bonds. The molecule has 0 radical (unpaired) electrons. The topological polar surface area (TPSA) is 23.6 Å². The lowest BCUT2D eigenvalue weighted by atomic mass is 9.99. The van der Waals surface area contributed by atoms with Gasteiger partial charge in [0.2, 0.25) is 5.91 Å². The van der Waals surface area contributed by atoms with Crippen LogP contribution in [0, 0.1) is 11.8 Å². The monoisotopic (exact) mass is 364 g/mol. The lowest BCUT2D eigenvalue weighted by molar-refractivity contribution is -0.125. The molecule has 0 N–H and O–H groups in total. The third-order valence-electron chi connectivity index (χ3n) is 5.10. The van der Waals surface area contributed by atoms with Crippen molar-refractivity contribution in [1.29, 1.82) is 0 Å². The summed E-state index contributed by atoms with van der Waals surface area (Å²) >= 11 is 0. The first-order chi connectivity index (χ1) is 12.8. The van der Waals surface area contributed by atoms with Crippen molar-refractivity contribution in [1.82, 2.24) is 9.80 Å². The van der Waals surface area contributed by atoms with Gasteiger partial charge in [-0.1, -0.05) is 49.1 Å². The summed E-state index contributed by atoms with van der Waals surface area (Å²) in [4.78, 5) is 16.7. The molecule has 0 bridgehead atoms. The fourth-order valence-electron chi connectivity index (χ4n) is 3.69. The van der Waals surface area contributed by atoms with Crippen LogP contribution >= 0.6 is 0 Å². The molecule has 144 valence electrons. The van der Waals surface area contributed by atoms with Gasteiger partial charge in [0.25, 0.3) is 0 Å². The molecule has 1 aliphatic carbocycles. The third kappa shape index (κ3) is 5.46. The van der Waals surface area contributed by atoms with Crippen LogP contribution in [-0.2, 0) is 4.79 Å². The van der Waals surface area contributed by atoms with Crippen molar-refractivity contribution in [3.05, 3.63) is 84.2 Å². The minimum absolute atomic E-state index is 0.0943. The van der Waals surface area contributed by atoms with Crippen molar-refractivity contribution >= 4 is 5.91 Å². The number of hydrogen-bond acceptors (Lipinski definition) is 2. The van der Waals surface area contributed by atoms with Crippen LogP contribution in [0.15, 0.2) is 84.2 Å². The van der Waals surface area contributed by atoms with E-state index in [1.54, 1.807) is 6.08 Å². The number of carbonyl (C=O) groups excluding carboxylic acids is 1. The Labute approximate surface area is 164 Å². The molecule has 1 aliphatic heterocycles. The molecule has 2 unspecified atom stereocenters. The summed E-state index contributed by atoms with van der Waals surface area (Å²) < 4.78 is 0. The van der Waals surface area contributed by atoms with Crippen LogP contribution in [0.25, 0.3) is 0 Å². The van der Waals surface area contributed by atoms with Crippen LogP contribution in [0.3, 0.4) is 0 Å². The molecule has 2 rings (SSSR count). The number of amides is 1. The molecule has 2 aliphatic rings. The number of likely N-dealkylation sites (N-methyl/N-ethyl adjacent to an activating group) is 1. The molecule has 0 aromatic heterocycles. The lowest BCUT2D eigenvalue weighted by Gasteiger charge is -2.20. The van der Waals surface area contributed by atoms with E-state index in [4.69, 9.17) is 0 Å². The number of rotatable bonds is 7. The van der Waals surface area contributed by atoms with Gasteiger partial charge in [0, 0.05) is 39.0 Å². The highest BCUT2D eigenvalue weighted by molar-refractivity contribution is 5.88. The van der Waals surface area contributed by atoms with Gasteiger partial charge in [0.05, 0.1) is 0 Å². The van der Waals surface area contributed by atoms with Gasteiger partial charge in [-0.25, -0.2) is 0 Å². The SMILES string of the molecule is C=C/C=C(/C1=CC2CN(C(=O)/C=C/C(/C=C\C(=C)C)=C/C)CC2C1)N(C)C. The number of carbonyl (C=O) groups is 1. The molecule has 0 saturated carbocycles. The molecule has 2 atom stereocenters. The number of allylic oxidation sites excluding steroid dienone is 9. The molecule has 1 saturated heterocycles. The second-order valence-corrected chi connectivity index (χ2v) is 7.55. The highest BCUT2D eigenvalue weighted by Gasteiger charge is 2.38. The first-order valence-electron chi connectivity index (χ1n) is 9.53. The average molecular weight is 365 g/mol. The molecule has 3 nitrogen and oxygen atoms in total. The summed E-state index contributed by atoms with van der Waals surface area (Å²) in [5.41, 5.74) is 4.60. The van der Waals surface area contributed by atoms with E-state index < -0.39 is 0 Å². The van der Waals surface area contributed by atoms with E-state index in [1.165, 1.54) is 11.3 Å². The van der Waals surface area contributed by atoms with E-state index >= 15 is 0 Å². The Morgan fingerprint density at radius 1 is 1.22 bits per heavy atom. The van der Waals surface area contributed by atoms with E-state index in [9.17, 15) is 4.79 Å². The first kappa shape index (κ1) is 20.8. The normalized spacial score (nSPS) is 23.1. The number of fused-ring (bicyclic) bond motifs is 1. The second-order valence-electron chi connectivity index (χ2n) is 7.55. The Hall–Kier alpha value is -2.55. The molecular weight excluding hydrogens is 332 g/mol. The van der Waals surface area contributed by atoms with Gasteiger partial charge in [-0.3, -0.25) is 4.79 Å². The quantitative estimate of drug-likeness (QED) is 0.485. The summed E-state index contributed by atoms with van der Waals surface area (Å²) in [5, 5.41) is 0. The number of nitrogens with zero attached hydrogens (tertiary/aromatic N) is 2. The largest absolute Gasteiger partial charge is 0.377 e. The van der Waals surface area contributed by atoms with Gasteiger partial charge in [0.1, 0.15) is 0 Å². The van der Waals surface area contributed by atoms with Gasteiger partial charge in [0.15, 0.2) is 0 Å². The predicted octanol–water partition coefficient (Wildman–Crippen LogP) is 4.66. The molecule has 0 aromatic carbocycles. The fourth-order valence-corrected chi connectivity index (χ4v) is 3.69. The summed E-state index contributed by atoms with van der Waals surface area (Å²) in [6.45, 7) is 13.2. The average Bonchev–Trinajstić information content (AvgIpc) is 3.17. The molecule has 0 aromatic rings. The van der Waals surface area contributed by atoms with E-state index in [0.29, 0.717) is 11.8 Å². The lowest BCUT2D eigenvalue weighted by Crippen LogP contribution is -2.27. The summed E-state index contributed by atoms with van der Waals surface area (Å²) in [6, 6.07) is 0. The van der Waals surface area contributed by atoms with Crippen molar-refractivity contribution in [2.45, 2.75) is 20.3 Å². The van der Waals surface area contributed by atoms with E-state index in [0.717, 1.165) is 30.7 Å². The third-order valence-corrected chi connectivity index (χ3v) is 5.10. The van der Waals surface area contributed by atoms with Crippen molar-refractivity contribution in [3.63, 3.8) is 0 Å². The van der Waals surface area contributed by atoms with Gasteiger partial charge < -0.3 is 9.80 Å². The zero-order chi connectivity index (χ0) is 20.0. The minimum Gasteiger partial charge on any atom is -0.377 e. The van der Waals surface area contributed by atoms with Crippen LogP contribution in [0.5, 0.6) is 0 Å². The van der Waals surface area contributed by atoms with E-state index in [2.05, 4.69) is 44.3 Å². The number of likely N-dealkylation sites (tertiary alicyclic amines) is 1. The smallest absolute Gasteiger partial charge is 0.246 e.